The molecule has 2 rings (SSSR count). The zero-order valence-corrected chi connectivity index (χ0v) is 14.0. The van der Waals surface area contributed by atoms with Gasteiger partial charge in [0.15, 0.2) is 0 Å². The molecule has 1 N–H and O–H groups in total. The van der Waals surface area contributed by atoms with Crippen molar-refractivity contribution in [2.75, 3.05) is 27.2 Å². The summed E-state index contributed by atoms with van der Waals surface area (Å²) in [6, 6.07) is 0.542. The van der Waals surface area contributed by atoms with E-state index < -0.39 is 0 Å². The number of carbonyl (C=O) groups excluding carboxylic acids is 2. The molecule has 0 aromatic rings. The number of hydrogen-bond donors (Lipinski definition) is 1. The highest BCUT2D eigenvalue weighted by Crippen LogP contribution is 2.26. The summed E-state index contributed by atoms with van der Waals surface area (Å²) < 4.78 is 4.72. The van der Waals surface area contributed by atoms with Gasteiger partial charge in [-0.1, -0.05) is 6.92 Å². The van der Waals surface area contributed by atoms with E-state index in [1.54, 1.807) is 4.90 Å². The molecule has 0 bridgehead atoms. The highest BCUT2D eigenvalue weighted by molar-refractivity contribution is 5.74. The molecule has 3 amide bonds. The largest absolute Gasteiger partial charge is 0.453 e. The summed E-state index contributed by atoms with van der Waals surface area (Å²) >= 11 is 0. The number of piperidine rings is 1. The van der Waals surface area contributed by atoms with Gasteiger partial charge in [-0.2, -0.15) is 0 Å². The normalized spacial score (nSPS) is 26.4. The number of amides is 3. The molecular weight excluding hydrogens is 282 g/mol. The van der Waals surface area contributed by atoms with E-state index in [1.807, 2.05) is 11.9 Å². The fourth-order valence-corrected chi connectivity index (χ4v) is 3.41. The maximum absolute atomic E-state index is 12.4. The van der Waals surface area contributed by atoms with Crippen molar-refractivity contribution in [2.45, 2.75) is 57.5 Å². The lowest BCUT2D eigenvalue weighted by molar-refractivity contribution is 0.108. The summed E-state index contributed by atoms with van der Waals surface area (Å²) in [6.07, 6.45) is 5.92. The lowest BCUT2D eigenvalue weighted by Crippen LogP contribution is -2.51. The Morgan fingerprint density at radius 1 is 1.09 bits per heavy atom. The number of nitrogens with one attached hydrogen (secondary N) is 1. The van der Waals surface area contributed by atoms with E-state index in [9.17, 15) is 9.59 Å². The van der Waals surface area contributed by atoms with Crippen molar-refractivity contribution in [2.24, 2.45) is 5.92 Å². The van der Waals surface area contributed by atoms with Gasteiger partial charge in [0.1, 0.15) is 0 Å². The minimum Gasteiger partial charge on any atom is -0.453 e. The van der Waals surface area contributed by atoms with Crippen LogP contribution in [-0.2, 0) is 4.74 Å². The van der Waals surface area contributed by atoms with E-state index in [4.69, 9.17) is 4.74 Å². The van der Waals surface area contributed by atoms with Crippen molar-refractivity contribution >= 4 is 12.1 Å². The van der Waals surface area contributed by atoms with Gasteiger partial charge < -0.3 is 19.9 Å². The average molecular weight is 311 g/mol. The van der Waals surface area contributed by atoms with Gasteiger partial charge in [0.05, 0.1) is 7.11 Å². The third kappa shape index (κ3) is 4.27. The zero-order chi connectivity index (χ0) is 16.1. The first kappa shape index (κ1) is 16.9. The average Bonchev–Trinajstić information content (AvgIpc) is 2.54. The van der Waals surface area contributed by atoms with Gasteiger partial charge >= 0.3 is 12.1 Å². The van der Waals surface area contributed by atoms with Crippen molar-refractivity contribution in [1.82, 2.24) is 15.1 Å². The Labute approximate surface area is 133 Å². The van der Waals surface area contributed by atoms with Crippen molar-refractivity contribution in [3.63, 3.8) is 0 Å². The van der Waals surface area contributed by atoms with E-state index in [0.29, 0.717) is 19.1 Å². The Morgan fingerprint density at radius 3 is 2.23 bits per heavy atom. The van der Waals surface area contributed by atoms with E-state index >= 15 is 0 Å². The molecular formula is C16H29N3O3. The number of methoxy groups -OCH3 is 1. The second kappa shape index (κ2) is 7.70. The first-order chi connectivity index (χ1) is 10.5. The number of urea groups is 1. The first-order valence-corrected chi connectivity index (χ1v) is 8.37. The van der Waals surface area contributed by atoms with Crippen LogP contribution in [0.4, 0.5) is 9.59 Å². The number of ether oxygens (including phenoxy) is 1. The van der Waals surface area contributed by atoms with Gasteiger partial charge in [-0.05, 0) is 44.4 Å². The van der Waals surface area contributed by atoms with Crippen molar-refractivity contribution in [3.8, 4) is 0 Å². The Hall–Kier alpha value is -1.46. The molecule has 2 fully saturated rings. The van der Waals surface area contributed by atoms with Crippen LogP contribution < -0.4 is 5.32 Å². The molecule has 6 nitrogen and oxygen atoms in total. The van der Waals surface area contributed by atoms with Gasteiger partial charge in [-0.15, -0.1) is 0 Å². The molecule has 22 heavy (non-hydrogen) atoms. The van der Waals surface area contributed by atoms with Crippen LogP contribution in [-0.4, -0.2) is 61.3 Å². The molecule has 126 valence electrons. The van der Waals surface area contributed by atoms with E-state index in [1.165, 1.54) is 20.0 Å². The van der Waals surface area contributed by atoms with Gasteiger partial charge in [-0.3, -0.25) is 0 Å². The fourth-order valence-electron chi connectivity index (χ4n) is 3.41. The topological polar surface area (TPSA) is 61.9 Å². The van der Waals surface area contributed by atoms with E-state index in [2.05, 4.69) is 12.2 Å². The SMILES string of the molecule is COC(=O)N1CCC(NC(=O)N(C)C2CCC(C)CC2)CC1. The highest BCUT2D eigenvalue weighted by Gasteiger charge is 2.28. The number of hydrogen-bond acceptors (Lipinski definition) is 3. The summed E-state index contributed by atoms with van der Waals surface area (Å²) in [5.41, 5.74) is 0. The molecule has 0 radical (unpaired) electrons. The Bertz CT molecular complexity index is 386. The maximum atomic E-state index is 12.4. The number of nitrogens with zero attached hydrogens (tertiary/aromatic N) is 2. The van der Waals surface area contributed by atoms with Crippen LogP contribution in [0.15, 0.2) is 0 Å². The minimum atomic E-state index is -0.279. The van der Waals surface area contributed by atoms with Crippen molar-refractivity contribution in [1.29, 1.82) is 0 Å². The van der Waals surface area contributed by atoms with Gasteiger partial charge in [-0.25, -0.2) is 9.59 Å². The second-order valence-corrected chi connectivity index (χ2v) is 6.71. The second-order valence-electron chi connectivity index (χ2n) is 6.71. The van der Waals surface area contributed by atoms with E-state index in [-0.39, 0.29) is 18.2 Å². The summed E-state index contributed by atoms with van der Waals surface area (Å²) in [4.78, 5) is 27.4. The van der Waals surface area contributed by atoms with E-state index in [0.717, 1.165) is 31.6 Å². The summed E-state index contributed by atoms with van der Waals surface area (Å²) in [6.45, 7) is 3.57. The highest BCUT2D eigenvalue weighted by atomic mass is 16.5. The number of carbonyl (C=O) groups is 2. The maximum Gasteiger partial charge on any atom is 0.409 e. The van der Waals surface area contributed by atoms with Gasteiger partial charge in [0.2, 0.25) is 0 Å². The molecule has 1 aliphatic heterocycles. The van der Waals surface area contributed by atoms with Crippen LogP contribution >= 0.6 is 0 Å². The van der Waals surface area contributed by atoms with Crippen LogP contribution in [0, 0.1) is 5.92 Å². The Morgan fingerprint density at radius 2 is 1.68 bits per heavy atom. The molecule has 0 aromatic carbocycles. The summed E-state index contributed by atoms with van der Waals surface area (Å²) in [7, 11) is 3.30. The predicted molar refractivity (Wildman–Crippen MR) is 84.7 cm³/mol. The van der Waals surface area contributed by atoms with Crippen LogP contribution in [0.5, 0.6) is 0 Å². The molecule has 0 aromatic heterocycles. The number of likely N-dealkylation sites (tertiary alicyclic amines) is 1. The molecule has 0 spiro atoms. The molecule has 0 atom stereocenters. The first-order valence-electron chi connectivity index (χ1n) is 8.37. The molecule has 2 aliphatic rings. The molecule has 0 unspecified atom stereocenters. The molecule has 1 saturated heterocycles. The smallest absolute Gasteiger partial charge is 0.409 e. The predicted octanol–water partition coefficient (Wildman–Crippen LogP) is 2.44. The Balaban J connectivity index is 1.74. The summed E-state index contributed by atoms with van der Waals surface area (Å²) in [5.74, 6) is 0.787. The molecule has 1 heterocycles. The van der Waals surface area contributed by atoms with Gasteiger partial charge in [0, 0.05) is 32.2 Å². The van der Waals surface area contributed by atoms with Crippen molar-refractivity contribution < 1.29 is 14.3 Å². The third-order valence-electron chi connectivity index (χ3n) is 5.11. The lowest BCUT2D eigenvalue weighted by Gasteiger charge is -2.36. The fraction of sp³-hybridized carbons (Fsp3) is 0.875. The zero-order valence-electron chi connectivity index (χ0n) is 14.0. The molecule has 6 heteroatoms. The van der Waals surface area contributed by atoms with Crippen LogP contribution in [0.25, 0.3) is 0 Å². The Kier molecular flexibility index (Phi) is 5.91. The number of rotatable bonds is 2. The molecule has 1 aliphatic carbocycles. The standard InChI is InChI=1S/C16H29N3O3/c1-12-4-6-14(7-5-12)18(2)15(20)17-13-8-10-19(11-9-13)16(21)22-3/h12-14H,4-11H2,1-3H3,(H,17,20). The minimum absolute atomic E-state index is 0.0241. The monoisotopic (exact) mass is 311 g/mol. The molecule has 1 saturated carbocycles. The quantitative estimate of drug-likeness (QED) is 0.852. The third-order valence-corrected chi connectivity index (χ3v) is 5.11. The van der Waals surface area contributed by atoms with Crippen molar-refractivity contribution in [3.05, 3.63) is 0 Å². The van der Waals surface area contributed by atoms with Gasteiger partial charge in [0.25, 0.3) is 0 Å². The summed E-state index contributed by atoms with van der Waals surface area (Å²) in [5, 5.41) is 3.11. The van der Waals surface area contributed by atoms with Crippen LogP contribution in [0.1, 0.15) is 45.4 Å². The van der Waals surface area contributed by atoms with Crippen LogP contribution in [0.2, 0.25) is 0 Å². The lowest BCUT2D eigenvalue weighted by atomic mass is 9.87. The van der Waals surface area contributed by atoms with Crippen LogP contribution in [0.3, 0.4) is 0 Å².